The van der Waals surface area contributed by atoms with Crippen molar-refractivity contribution in [3.05, 3.63) is 34.7 Å². The molecule has 100 valence electrons. The van der Waals surface area contributed by atoms with Gasteiger partial charge in [0, 0.05) is 17.3 Å². The standard InChI is InChI=1S/C14H16FN3S/c1-16-7-9-3-2-4-12-13(9)18-14(19-12)11-6-5-10(15)8-17-11/h5-6,8-9,16H,2-4,7H2,1H3. The van der Waals surface area contributed by atoms with Crippen molar-refractivity contribution in [3.63, 3.8) is 0 Å². The lowest BCUT2D eigenvalue weighted by molar-refractivity contribution is 0.523. The average Bonchev–Trinajstić information content (AvgIpc) is 2.85. The van der Waals surface area contributed by atoms with Crippen LogP contribution >= 0.6 is 11.3 Å². The van der Waals surface area contributed by atoms with Crippen LogP contribution in [0.5, 0.6) is 0 Å². The maximum atomic E-state index is 12.9. The van der Waals surface area contributed by atoms with Crippen LogP contribution in [0.4, 0.5) is 4.39 Å². The van der Waals surface area contributed by atoms with E-state index in [4.69, 9.17) is 4.98 Å². The van der Waals surface area contributed by atoms with Crippen molar-refractivity contribution in [1.29, 1.82) is 0 Å². The van der Waals surface area contributed by atoms with Crippen molar-refractivity contribution in [2.45, 2.75) is 25.2 Å². The normalized spacial score (nSPS) is 18.3. The van der Waals surface area contributed by atoms with E-state index in [0.717, 1.165) is 23.7 Å². The molecule has 1 N–H and O–H groups in total. The summed E-state index contributed by atoms with van der Waals surface area (Å²) in [4.78, 5) is 10.2. The number of fused-ring (bicyclic) bond motifs is 1. The number of nitrogens with zero attached hydrogens (tertiary/aromatic N) is 2. The van der Waals surface area contributed by atoms with Crippen LogP contribution < -0.4 is 5.32 Å². The fourth-order valence-corrected chi connectivity index (χ4v) is 3.73. The molecule has 0 bridgehead atoms. The molecule has 1 aliphatic rings. The lowest BCUT2D eigenvalue weighted by Crippen LogP contribution is -2.20. The zero-order valence-corrected chi connectivity index (χ0v) is 11.6. The molecule has 0 spiro atoms. The van der Waals surface area contributed by atoms with E-state index in [2.05, 4.69) is 10.3 Å². The van der Waals surface area contributed by atoms with Gasteiger partial charge in [0.1, 0.15) is 10.8 Å². The zero-order chi connectivity index (χ0) is 13.2. The maximum Gasteiger partial charge on any atom is 0.142 e. The Morgan fingerprint density at radius 1 is 1.47 bits per heavy atom. The molecule has 1 atom stereocenters. The highest BCUT2D eigenvalue weighted by molar-refractivity contribution is 7.15. The van der Waals surface area contributed by atoms with E-state index >= 15 is 0 Å². The van der Waals surface area contributed by atoms with E-state index in [9.17, 15) is 4.39 Å². The molecule has 2 aromatic rings. The van der Waals surface area contributed by atoms with Gasteiger partial charge in [-0.05, 0) is 38.4 Å². The molecule has 1 unspecified atom stereocenters. The van der Waals surface area contributed by atoms with E-state index < -0.39 is 0 Å². The fraction of sp³-hybridized carbons (Fsp3) is 0.429. The fourth-order valence-electron chi connectivity index (χ4n) is 2.56. The highest BCUT2D eigenvalue weighted by Gasteiger charge is 2.24. The maximum absolute atomic E-state index is 12.9. The molecule has 0 aromatic carbocycles. The van der Waals surface area contributed by atoms with Crippen molar-refractivity contribution in [3.8, 4) is 10.7 Å². The molecule has 0 radical (unpaired) electrons. The Morgan fingerprint density at radius 3 is 3.11 bits per heavy atom. The van der Waals surface area contributed by atoms with Gasteiger partial charge in [-0.2, -0.15) is 0 Å². The highest BCUT2D eigenvalue weighted by Crippen LogP contribution is 2.37. The topological polar surface area (TPSA) is 37.8 Å². The van der Waals surface area contributed by atoms with E-state index in [1.54, 1.807) is 17.4 Å². The first-order valence-corrected chi connectivity index (χ1v) is 7.35. The van der Waals surface area contributed by atoms with Crippen LogP contribution in [0.1, 0.15) is 29.3 Å². The van der Waals surface area contributed by atoms with Crippen LogP contribution in [0.2, 0.25) is 0 Å². The molecular formula is C14H16FN3S. The van der Waals surface area contributed by atoms with Gasteiger partial charge < -0.3 is 5.32 Å². The van der Waals surface area contributed by atoms with Crippen molar-refractivity contribution >= 4 is 11.3 Å². The first-order chi connectivity index (χ1) is 9.28. The van der Waals surface area contributed by atoms with Crippen LogP contribution in [0.25, 0.3) is 10.7 Å². The first kappa shape index (κ1) is 12.7. The summed E-state index contributed by atoms with van der Waals surface area (Å²) >= 11 is 1.70. The summed E-state index contributed by atoms with van der Waals surface area (Å²) in [6.45, 7) is 0.965. The number of aromatic nitrogens is 2. The average molecular weight is 277 g/mol. The summed E-state index contributed by atoms with van der Waals surface area (Å²) in [6.07, 6.45) is 4.76. The number of hydrogen-bond donors (Lipinski definition) is 1. The Morgan fingerprint density at radius 2 is 2.37 bits per heavy atom. The Kier molecular flexibility index (Phi) is 3.57. The van der Waals surface area contributed by atoms with Crippen molar-refractivity contribution < 1.29 is 4.39 Å². The minimum absolute atomic E-state index is 0.307. The second-order valence-electron chi connectivity index (χ2n) is 4.84. The molecule has 5 heteroatoms. The Balaban J connectivity index is 1.95. The SMILES string of the molecule is CNCC1CCCc2sc(-c3ccc(F)cn3)nc21. The minimum atomic E-state index is -0.307. The molecule has 0 saturated carbocycles. The first-order valence-electron chi connectivity index (χ1n) is 6.54. The number of aryl methyl sites for hydroxylation is 1. The lowest BCUT2D eigenvalue weighted by Gasteiger charge is -2.20. The van der Waals surface area contributed by atoms with Gasteiger partial charge in [0.2, 0.25) is 0 Å². The summed E-state index contributed by atoms with van der Waals surface area (Å²) in [5.41, 5.74) is 1.98. The number of rotatable bonds is 3. The molecule has 1 aliphatic carbocycles. The Labute approximate surface area is 115 Å². The predicted octanol–water partition coefficient (Wildman–Crippen LogP) is 2.98. The second-order valence-corrected chi connectivity index (χ2v) is 5.92. The predicted molar refractivity (Wildman–Crippen MR) is 74.9 cm³/mol. The number of likely N-dealkylation sites (N-methyl/N-ethyl adjacent to an activating group) is 1. The number of nitrogens with one attached hydrogen (secondary N) is 1. The molecule has 0 saturated heterocycles. The molecule has 0 amide bonds. The Bertz CT molecular complexity index is 565. The summed E-state index contributed by atoms with van der Waals surface area (Å²) in [6, 6.07) is 3.14. The molecular weight excluding hydrogens is 261 g/mol. The molecule has 0 fully saturated rings. The molecule has 2 heterocycles. The van der Waals surface area contributed by atoms with Gasteiger partial charge in [-0.3, -0.25) is 4.98 Å². The largest absolute Gasteiger partial charge is 0.319 e. The molecule has 0 aliphatic heterocycles. The molecule has 3 rings (SSSR count). The molecule has 3 nitrogen and oxygen atoms in total. The van der Waals surface area contributed by atoms with Gasteiger partial charge >= 0.3 is 0 Å². The summed E-state index contributed by atoms with van der Waals surface area (Å²) in [7, 11) is 1.98. The van der Waals surface area contributed by atoms with Crippen LogP contribution in [-0.2, 0) is 6.42 Å². The van der Waals surface area contributed by atoms with E-state index in [0.29, 0.717) is 5.92 Å². The number of pyridine rings is 1. The van der Waals surface area contributed by atoms with Gasteiger partial charge in [-0.1, -0.05) is 0 Å². The third-order valence-electron chi connectivity index (χ3n) is 3.47. The lowest BCUT2D eigenvalue weighted by atomic mass is 9.91. The van der Waals surface area contributed by atoms with Crippen LogP contribution in [0.3, 0.4) is 0 Å². The quantitative estimate of drug-likeness (QED) is 0.937. The van der Waals surface area contributed by atoms with Crippen molar-refractivity contribution in [1.82, 2.24) is 15.3 Å². The van der Waals surface area contributed by atoms with Gasteiger partial charge in [-0.15, -0.1) is 11.3 Å². The highest BCUT2D eigenvalue weighted by atomic mass is 32.1. The van der Waals surface area contributed by atoms with Gasteiger partial charge in [0.15, 0.2) is 0 Å². The summed E-state index contributed by atoms with van der Waals surface area (Å²) in [5.74, 6) is 0.192. The van der Waals surface area contributed by atoms with Crippen LogP contribution in [0.15, 0.2) is 18.3 Å². The van der Waals surface area contributed by atoms with Gasteiger partial charge in [0.05, 0.1) is 17.6 Å². The van der Waals surface area contributed by atoms with E-state index in [-0.39, 0.29) is 5.82 Å². The van der Waals surface area contributed by atoms with Crippen molar-refractivity contribution in [2.24, 2.45) is 0 Å². The third kappa shape index (κ3) is 2.53. The molecule has 19 heavy (non-hydrogen) atoms. The van der Waals surface area contributed by atoms with E-state index in [1.165, 1.54) is 35.7 Å². The summed E-state index contributed by atoms with van der Waals surface area (Å²) < 4.78 is 12.9. The van der Waals surface area contributed by atoms with Crippen molar-refractivity contribution in [2.75, 3.05) is 13.6 Å². The van der Waals surface area contributed by atoms with Gasteiger partial charge in [0.25, 0.3) is 0 Å². The van der Waals surface area contributed by atoms with E-state index in [1.807, 2.05) is 7.05 Å². The third-order valence-corrected chi connectivity index (χ3v) is 4.62. The Hall–Kier alpha value is -1.33. The minimum Gasteiger partial charge on any atom is -0.319 e. The number of halogens is 1. The monoisotopic (exact) mass is 277 g/mol. The smallest absolute Gasteiger partial charge is 0.142 e. The van der Waals surface area contributed by atoms with Crippen LogP contribution in [0, 0.1) is 5.82 Å². The second kappa shape index (κ2) is 5.35. The zero-order valence-electron chi connectivity index (χ0n) is 10.8. The number of hydrogen-bond acceptors (Lipinski definition) is 4. The molecule has 2 aromatic heterocycles. The summed E-state index contributed by atoms with van der Waals surface area (Å²) in [5, 5.41) is 4.14. The van der Waals surface area contributed by atoms with Gasteiger partial charge in [-0.25, -0.2) is 9.37 Å². The van der Waals surface area contributed by atoms with Crippen LogP contribution in [-0.4, -0.2) is 23.6 Å². The number of thiazole rings is 1.